The number of fused-ring (bicyclic) bond motifs is 1. The molecule has 1 aromatic carbocycles. The zero-order chi connectivity index (χ0) is 12.1. The highest BCUT2D eigenvalue weighted by Crippen LogP contribution is 2.25. The molecule has 0 spiro atoms. The van der Waals surface area contributed by atoms with Gasteiger partial charge in [0.25, 0.3) is 0 Å². The summed E-state index contributed by atoms with van der Waals surface area (Å²) >= 11 is 0. The molecule has 0 fully saturated rings. The maximum Gasteiger partial charge on any atom is 0.319 e. The number of hydrogen-bond acceptors (Lipinski definition) is 4. The van der Waals surface area contributed by atoms with E-state index < -0.39 is 0 Å². The molecule has 2 rings (SSSR count). The minimum absolute atomic E-state index is 0.234. The monoisotopic (exact) mass is 234 g/mol. The van der Waals surface area contributed by atoms with Crippen molar-refractivity contribution in [1.82, 2.24) is 5.32 Å². The second-order valence-corrected chi connectivity index (χ2v) is 4.16. The summed E-state index contributed by atoms with van der Waals surface area (Å²) in [6.45, 7) is 1.96. The van der Waals surface area contributed by atoms with Crippen LogP contribution in [0, 0.1) is 0 Å². The first kappa shape index (κ1) is 11.9. The lowest BCUT2D eigenvalue weighted by molar-refractivity contribution is -0.139. The number of methoxy groups -OCH3 is 1. The van der Waals surface area contributed by atoms with Gasteiger partial charge in [0.05, 0.1) is 13.7 Å². The van der Waals surface area contributed by atoms with Gasteiger partial charge in [-0.15, -0.1) is 0 Å². The number of nitrogens with one attached hydrogen (secondary N) is 2. The summed E-state index contributed by atoms with van der Waals surface area (Å²) in [5.41, 5.74) is 3.82. The Morgan fingerprint density at radius 1 is 1.53 bits per heavy atom. The van der Waals surface area contributed by atoms with Gasteiger partial charge in [-0.3, -0.25) is 4.79 Å². The van der Waals surface area contributed by atoms with E-state index in [1.165, 1.54) is 30.3 Å². The van der Waals surface area contributed by atoms with E-state index in [9.17, 15) is 4.79 Å². The fourth-order valence-electron chi connectivity index (χ4n) is 2.10. The van der Waals surface area contributed by atoms with Crippen LogP contribution in [0.25, 0.3) is 0 Å². The summed E-state index contributed by atoms with van der Waals surface area (Å²) in [4.78, 5) is 11.0. The number of anilines is 1. The standard InChI is InChI=1S/C13H18N2O2/c1-17-12(16)9-14-8-11-5-2-4-10-6-3-7-15-13(10)11/h2,4-5,14-15H,3,6-9H2,1H3. The molecule has 92 valence electrons. The Hall–Kier alpha value is -1.55. The van der Waals surface area contributed by atoms with Gasteiger partial charge in [-0.05, 0) is 24.0 Å². The van der Waals surface area contributed by atoms with E-state index in [0.29, 0.717) is 6.54 Å². The molecule has 4 heteroatoms. The predicted octanol–water partition coefficient (Wildman–Crippen LogP) is 1.31. The summed E-state index contributed by atoms with van der Waals surface area (Å²) in [6.07, 6.45) is 2.32. The summed E-state index contributed by atoms with van der Waals surface area (Å²) in [5, 5.41) is 6.52. The Labute approximate surface area is 101 Å². The number of para-hydroxylation sites is 1. The number of rotatable bonds is 4. The minimum Gasteiger partial charge on any atom is -0.468 e. The molecular weight excluding hydrogens is 216 g/mol. The average Bonchev–Trinajstić information content (AvgIpc) is 2.39. The summed E-state index contributed by atoms with van der Waals surface area (Å²) < 4.78 is 4.58. The van der Waals surface area contributed by atoms with Crippen LogP contribution in [0.3, 0.4) is 0 Å². The average molecular weight is 234 g/mol. The molecule has 1 heterocycles. The number of carbonyl (C=O) groups is 1. The van der Waals surface area contributed by atoms with E-state index in [0.717, 1.165) is 13.0 Å². The molecule has 0 aromatic heterocycles. The number of hydrogen-bond donors (Lipinski definition) is 2. The highest BCUT2D eigenvalue weighted by molar-refractivity contribution is 5.71. The highest BCUT2D eigenvalue weighted by Gasteiger charge is 2.11. The largest absolute Gasteiger partial charge is 0.468 e. The first-order chi connectivity index (χ1) is 8.31. The van der Waals surface area contributed by atoms with Crippen molar-refractivity contribution in [3.63, 3.8) is 0 Å². The van der Waals surface area contributed by atoms with E-state index in [1.807, 2.05) is 0 Å². The molecule has 0 saturated heterocycles. The fourth-order valence-corrected chi connectivity index (χ4v) is 2.10. The van der Waals surface area contributed by atoms with E-state index >= 15 is 0 Å². The molecule has 0 unspecified atom stereocenters. The van der Waals surface area contributed by atoms with Gasteiger partial charge in [-0.25, -0.2) is 0 Å². The third kappa shape index (κ3) is 2.97. The van der Waals surface area contributed by atoms with Crippen LogP contribution < -0.4 is 10.6 Å². The number of aryl methyl sites for hydroxylation is 1. The second-order valence-electron chi connectivity index (χ2n) is 4.16. The molecule has 0 amide bonds. The van der Waals surface area contributed by atoms with Crippen molar-refractivity contribution >= 4 is 11.7 Å². The van der Waals surface area contributed by atoms with Gasteiger partial charge in [0, 0.05) is 18.8 Å². The highest BCUT2D eigenvalue weighted by atomic mass is 16.5. The first-order valence-electron chi connectivity index (χ1n) is 5.93. The van der Waals surface area contributed by atoms with Gasteiger partial charge in [-0.2, -0.15) is 0 Å². The lowest BCUT2D eigenvalue weighted by atomic mass is 9.99. The van der Waals surface area contributed by atoms with E-state index in [4.69, 9.17) is 0 Å². The van der Waals surface area contributed by atoms with Gasteiger partial charge >= 0.3 is 5.97 Å². The van der Waals surface area contributed by atoms with Gasteiger partial charge in [0.2, 0.25) is 0 Å². The van der Waals surface area contributed by atoms with E-state index in [-0.39, 0.29) is 12.5 Å². The van der Waals surface area contributed by atoms with Crippen LogP contribution in [0.2, 0.25) is 0 Å². The van der Waals surface area contributed by atoms with Crippen LogP contribution in [0.4, 0.5) is 5.69 Å². The zero-order valence-electron chi connectivity index (χ0n) is 10.1. The van der Waals surface area contributed by atoms with Crippen molar-refractivity contribution in [2.45, 2.75) is 19.4 Å². The molecule has 17 heavy (non-hydrogen) atoms. The van der Waals surface area contributed by atoms with Crippen LogP contribution in [0.15, 0.2) is 18.2 Å². The predicted molar refractivity (Wildman–Crippen MR) is 67.0 cm³/mol. The number of benzene rings is 1. The van der Waals surface area contributed by atoms with Crippen LogP contribution in [-0.4, -0.2) is 26.2 Å². The van der Waals surface area contributed by atoms with E-state index in [1.54, 1.807) is 0 Å². The Morgan fingerprint density at radius 2 is 2.41 bits per heavy atom. The summed E-state index contributed by atoms with van der Waals surface area (Å²) in [7, 11) is 1.40. The van der Waals surface area contributed by atoms with Crippen molar-refractivity contribution in [2.75, 3.05) is 25.5 Å². The van der Waals surface area contributed by atoms with E-state index in [2.05, 4.69) is 33.6 Å². The first-order valence-corrected chi connectivity index (χ1v) is 5.93. The SMILES string of the molecule is COC(=O)CNCc1cccc2c1NCCC2. The van der Waals surface area contributed by atoms with Gasteiger partial charge < -0.3 is 15.4 Å². The van der Waals surface area contributed by atoms with Crippen molar-refractivity contribution in [2.24, 2.45) is 0 Å². The number of esters is 1. The lowest BCUT2D eigenvalue weighted by Crippen LogP contribution is -2.24. The molecule has 1 aromatic rings. The quantitative estimate of drug-likeness (QED) is 0.771. The molecule has 1 aliphatic rings. The molecule has 1 aliphatic heterocycles. The third-order valence-corrected chi connectivity index (χ3v) is 2.97. The molecule has 0 radical (unpaired) electrons. The smallest absolute Gasteiger partial charge is 0.319 e. The molecule has 0 bridgehead atoms. The van der Waals surface area contributed by atoms with Crippen molar-refractivity contribution < 1.29 is 9.53 Å². The number of carbonyl (C=O) groups excluding carboxylic acids is 1. The Balaban J connectivity index is 1.98. The third-order valence-electron chi connectivity index (χ3n) is 2.97. The topological polar surface area (TPSA) is 50.4 Å². The van der Waals surface area contributed by atoms with Gasteiger partial charge in [0.15, 0.2) is 0 Å². The molecule has 0 atom stereocenters. The van der Waals surface area contributed by atoms with Gasteiger partial charge in [0.1, 0.15) is 0 Å². The van der Waals surface area contributed by atoms with Gasteiger partial charge in [-0.1, -0.05) is 18.2 Å². The van der Waals surface area contributed by atoms with Crippen LogP contribution in [0.5, 0.6) is 0 Å². The maximum absolute atomic E-state index is 11.0. The molecular formula is C13H18N2O2. The second kappa shape index (κ2) is 5.68. The van der Waals surface area contributed by atoms with Crippen LogP contribution >= 0.6 is 0 Å². The summed E-state index contributed by atoms with van der Waals surface area (Å²) in [6, 6.07) is 6.31. The molecule has 2 N–H and O–H groups in total. The van der Waals surface area contributed by atoms with Crippen molar-refractivity contribution in [3.05, 3.63) is 29.3 Å². The lowest BCUT2D eigenvalue weighted by Gasteiger charge is -2.21. The van der Waals surface area contributed by atoms with Crippen molar-refractivity contribution in [3.8, 4) is 0 Å². The molecule has 0 aliphatic carbocycles. The van der Waals surface area contributed by atoms with Crippen molar-refractivity contribution in [1.29, 1.82) is 0 Å². The number of ether oxygens (including phenoxy) is 1. The Kier molecular flexibility index (Phi) is 3.98. The van der Waals surface area contributed by atoms with Crippen LogP contribution in [0.1, 0.15) is 17.5 Å². The minimum atomic E-state index is -0.234. The maximum atomic E-state index is 11.0. The zero-order valence-corrected chi connectivity index (χ0v) is 10.1. The normalized spacial score (nSPS) is 13.7. The molecule has 4 nitrogen and oxygen atoms in total. The Morgan fingerprint density at radius 3 is 3.24 bits per heavy atom. The summed E-state index contributed by atoms with van der Waals surface area (Å²) in [5.74, 6) is -0.234. The fraction of sp³-hybridized carbons (Fsp3) is 0.462. The Bertz CT molecular complexity index is 404. The van der Waals surface area contributed by atoms with Crippen LogP contribution in [-0.2, 0) is 22.5 Å². The molecule has 0 saturated carbocycles.